The van der Waals surface area contributed by atoms with Crippen molar-refractivity contribution in [1.82, 2.24) is 0 Å². The average Bonchev–Trinajstić information content (AvgIpc) is 2.11. The SMILES string of the molecule is FC(F)(F)Sc1ccccc1NC1COC1. The number of ether oxygens (including phenoxy) is 1. The molecule has 2 nitrogen and oxygen atoms in total. The Balaban J connectivity index is 2.09. The van der Waals surface area contributed by atoms with Gasteiger partial charge in [-0.25, -0.2) is 0 Å². The zero-order valence-electron chi connectivity index (χ0n) is 8.25. The van der Waals surface area contributed by atoms with Crippen molar-refractivity contribution in [2.24, 2.45) is 0 Å². The Kier molecular flexibility index (Phi) is 3.30. The molecular weight excluding hydrogens is 239 g/mol. The maximum atomic E-state index is 12.3. The molecule has 0 unspecified atom stereocenters. The molecule has 1 aliphatic rings. The summed E-state index contributed by atoms with van der Waals surface area (Å²) < 4.78 is 41.8. The van der Waals surface area contributed by atoms with E-state index in [9.17, 15) is 13.2 Å². The van der Waals surface area contributed by atoms with E-state index in [1.165, 1.54) is 6.07 Å². The highest BCUT2D eigenvalue weighted by Crippen LogP contribution is 2.40. The molecule has 1 heterocycles. The molecule has 16 heavy (non-hydrogen) atoms. The first-order chi connectivity index (χ1) is 7.54. The summed E-state index contributed by atoms with van der Waals surface area (Å²) in [5.74, 6) is 0. The molecule has 1 aromatic carbocycles. The Labute approximate surface area is 95.2 Å². The third-order valence-corrected chi connectivity index (χ3v) is 2.92. The van der Waals surface area contributed by atoms with Crippen LogP contribution in [0.1, 0.15) is 0 Å². The molecule has 88 valence electrons. The number of hydrogen-bond donors (Lipinski definition) is 1. The van der Waals surface area contributed by atoms with Crippen molar-refractivity contribution in [3.63, 3.8) is 0 Å². The predicted octanol–water partition coefficient (Wildman–Crippen LogP) is 3.11. The van der Waals surface area contributed by atoms with Crippen molar-refractivity contribution in [2.45, 2.75) is 16.4 Å². The first kappa shape index (κ1) is 11.6. The van der Waals surface area contributed by atoms with E-state index in [4.69, 9.17) is 4.74 Å². The lowest BCUT2D eigenvalue weighted by Gasteiger charge is -2.28. The second-order valence-corrected chi connectivity index (χ2v) is 4.53. The largest absolute Gasteiger partial charge is 0.446 e. The molecule has 0 atom stereocenters. The van der Waals surface area contributed by atoms with E-state index in [-0.39, 0.29) is 22.7 Å². The van der Waals surface area contributed by atoms with Crippen LogP contribution < -0.4 is 5.32 Å². The molecule has 1 saturated heterocycles. The topological polar surface area (TPSA) is 21.3 Å². The van der Waals surface area contributed by atoms with Crippen molar-refractivity contribution in [2.75, 3.05) is 18.5 Å². The van der Waals surface area contributed by atoms with E-state index in [1.807, 2.05) is 0 Å². The summed E-state index contributed by atoms with van der Waals surface area (Å²) >= 11 is -0.0994. The first-order valence-electron chi connectivity index (χ1n) is 4.74. The summed E-state index contributed by atoms with van der Waals surface area (Å²) in [5, 5.41) is 3.02. The molecule has 1 aliphatic heterocycles. The van der Waals surface area contributed by atoms with Gasteiger partial charge in [0.25, 0.3) is 0 Å². The number of hydrogen-bond acceptors (Lipinski definition) is 3. The van der Waals surface area contributed by atoms with Gasteiger partial charge in [-0.2, -0.15) is 13.2 Å². The van der Waals surface area contributed by atoms with E-state index >= 15 is 0 Å². The second-order valence-electron chi connectivity index (χ2n) is 3.42. The van der Waals surface area contributed by atoms with E-state index in [0.717, 1.165) is 0 Å². The molecule has 0 amide bonds. The summed E-state index contributed by atoms with van der Waals surface area (Å²) in [7, 11) is 0. The van der Waals surface area contributed by atoms with Gasteiger partial charge in [0.05, 0.1) is 19.3 Å². The number of alkyl halides is 3. The first-order valence-corrected chi connectivity index (χ1v) is 5.55. The van der Waals surface area contributed by atoms with E-state index in [1.54, 1.807) is 18.2 Å². The minimum atomic E-state index is -4.26. The smallest absolute Gasteiger partial charge is 0.377 e. The average molecular weight is 249 g/mol. The Morgan fingerprint density at radius 1 is 1.25 bits per heavy atom. The fourth-order valence-corrected chi connectivity index (χ4v) is 1.97. The summed E-state index contributed by atoms with van der Waals surface area (Å²) in [4.78, 5) is 0.196. The van der Waals surface area contributed by atoms with Crippen molar-refractivity contribution in [3.8, 4) is 0 Å². The van der Waals surface area contributed by atoms with Crippen molar-refractivity contribution < 1.29 is 17.9 Å². The third kappa shape index (κ3) is 3.05. The number of rotatable bonds is 3. The normalized spacial score (nSPS) is 16.9. The fourth-order valence-electron chi connectivity index (χ4n) is 1.34. The van der Waals surface area contributed by atoms with Crippen LogP contribution >= 0.6 is 11.8 Å². The maximum Gasteiger partial charge on any atom is 0.446 e. The van der Waals surface area contributed by atoms with Crippen LogP contribution in [0, 0.1) is 0 Å². The van der Waals surface area contributed by atoms with Crippen LogP contribution in [0.15, 0.2) is 29.2 Å². The molecule has 6 heteroatoms. The van der Waals surface area contributed by atoms with Gasteiger partial charge in [0.2, 0.25) is 0 Å². The quantitative estimate of drug-likeness (QED) is 0.832. The van der Waals surface area contributed by atoms with Gasteiger partial charge in [-0.15, -0.1) is 0 Å². The predicted molar refractivity (Wildman–Crippen MR) is 56.6 cm³/mol. The molecule has 0 radical (unpaired) electrons. The molecule has 0 saturated carbocycles. The van der Waals surface area contributed by atoms with Gasteiger partial charge in [-0.05, 0) is 23.9 Å². The van der Waals surface area contributed by atoms with Crippen molar-refractivity contribution >= 4 is 17.4 Å². The minimum absolute atomic E-state index is 0.0994. The minimum Gasteiger partial charge on any atom is -0.377 e. The molecular formula is C10H10F3NOS. The monoisotopic (exact) mass is 249 g/mol. The molecule has 0 aliphatic carbocycles. The molecule has 0 spiro atoms. The number of nitrogens with one attached hydrogen (secondary N) is 1. The van der Waals surface area contributed by atoms with Gasteiger partial charge >= 0.3 is 5.51 Å². The lowest BCUT2D eigenvalue weighted by Crippen LogP contribution is -2.40. The molecule has 1 N–H and O–H groups in total. The maximum absolute atomic E-state index is 12.3. The van der Waals surface area contributed by atoms with E-state index in [2.05, 4.69) is 5.32 Å². The third-order valence-electron chi connectivity index (χ3n) is 2.11. The molecule has 2 rings (SSSR count). The molecule has 1 aromatic rings. The summed E-state index contributed by atoms with van der Waals surface area (Å²) in [5.41, 5.74) is -3.74. The Bertz CT molecular complexity index is 365. The van der Waals surface area contributed by atoms with Crippen molar-refractivity contribution in [3.05, 3.63) is 24.3 Å². The lowest BCUT2D eigenvalue weighted by molar-refractivity contribution is -0.0328. The Hall–Kier alpha value is -0.880. The van der Waals surface area contributed by atoms with E-state index in [0.29, 0.717) is 18.9 Å². The lowest BCUT2D eigenvalue weighted by atomic mass is 10.2. The molecule has 0 bridgehead atoms. The number of benzene rings is 1. The zero-order chi connectivity index (χ0) is 11.6. The van der Waals surface area contributed by atoms with Gasteiger partial charge in [-0.1, -0.05) is 12.1 Å². The van der Waals surface area contributed by atoms with Gasteiger partial charge in [0.1, 0.15) is 0 Å². The van der Waals surface area contributed by atoms with Crippen LogP contribution in [0.4, 0.5) is 18.9 Å². The second kappa shape index (κ2) is 4.55. The Morgan fingerprint density at radius 2 is 1.94 bits per heavy atom. The van der Waals surface area contributed by atoms with Gasteiger partial charge < -0.3 is 10.1 Å². The summed E-state index contributed by atoms with van der Waals surface area (Å²) in [6.45, 7) is 1.09. The zero-order valence-corrected chi connectivity index (χ0v) is 9.07. The van der Waals surface area contributed by atoms with Gasteiger partial charge in [-0.3, -0.25) is 0 Å². The summed E-state index contributed by atoms with van der Waals surface area (Å²) in [6.07, 6.45) is 0. The standard InChI is InChI=1S/C10H10F3NOS/c11-10(12,13)16-9-4-2-1-3-8(9)14-7-5-15-6-7/h1-4,7,14H,5-6H2. The Morgan fingerprint density at radius 3 is 2.50 bits per heavy atom. The summed E-state index contributed by atoms with van der Waals surface area (Å²) in [6, 6.07) is 6.53. The van der Waals surface area contributed by atoms with Crippen LogP contribution in [0.5, 0.6) is 0 Å². The highest BCUT2D eigenvalue weighted by molar-refractivity contribution is 8.00. The number of anilines is 1. The highest BCUT2D eigenvalue weighted by atomic mass is 32.2. The van der Waals surface area contributed by atoms with Crippen LogP contribution in [-0.2, 0) is 4.74 Å². The van der Waals surface area contributed by atoms with Gasteiger partial charge in [0, 0.05) is 10.6 Å². The van der Waals surface area contributed by atoms with Crippen LogP contribution in [0.3, 0.4) is 0 Å². The van der Waals surface area contributed by atoms with Crippen LogP contribution in [0.25, 0.3) is 0 Å². The van der Waals surface area contributed by atoms with Crippen molar-refractivity contribution in [1.29, 1.82) is 0 Å². The molecule has 1 fully saturated rings. The van der Waals surface area contributed by atoms with Crippen LogP contribution in [0.2, 0.25) is 0 Å². The number of para-hydroxylation sites is 1. The highest BCUT2D eigenvalue weighted by Gasteiger charge is 2.31. The van der Waals surface area contributed by atoms with Crippen LogP contribution in [-0.4, -0.2) is 24.8 Å². The fraction of sp³-hybridized carbons (Fsp3) is 0.400. The molecule has 0 aromatic heterocycles. The number of thioether (sulfide) groups is 1. The van der Waals surface area contributed by atoms with Gasteiger partial charge in [0.15, 0.2) is 0 Å². The number of halogens is 3. The van der Waals surface area contributed by atoms with E-state index < -0.39 is 5.51 Å².